The van der Waals surface area contributed by atoms with Crippen LogP contribution < -0.4 is 5.32 Å². The number of nitrogens with one attached hydrogen (secondary N) is 1. The predicted octanol–water partition coefficient (Wildman–Crippen LogP) is 3.66. The molecule has 2 heterocycles. The fourth-order valence-electron chi connectivity index (χ4n) is 2.64. The van der Waals surface area contributed by atoms with Crippen LogP contribution in [0.5, 0.6) is 0 Å². The molecule has 9 heteroatoms. The van der Waals surface area contributed by atoms with Crippen molar-refractivity contribution >= 4 is 29.5 Å². The van der Waals surface area contributed by atoms with Crippen molar-refractivity contribution in [3.63, 3.8) is 0 Å². The highest BCUT2D eigenvalue weighted by atomic mass is 19.4. The van der Waals surface area contributed by atoms with Crippen LogP contribution in [0.2, 0.25) is 0 Å². The van der Waals surface area contributed by atoms with Gasteiger partial charge in [0.25, 0.3) is 0 Å². The van der Waals surface area contributed by atoms with Gasteiger partial charge in [-0.2, -0.15) is 13.2 Å². The number of alkyl halides is 3. The smallest absolute Gasteiger partial charge is 0.416 e. The van der Waals surface area contributed by atoms with E-state index < -0.39 is 35.5 Å². The summed E-state index contributed by atoms with van der Waals surface area (Å²) in [7, 11) is 0. The van der Waals surface area contributed by atoms with Crippen molar-refractivity contribution in [2.24, 2.45) is 10.9 Å². The zero-order chi connectivity index (χ0) is 20.3. The Hall–Kier alpha value is -3.23. The number of hydrogen-bond acceptors (Lipinski definition) is 6. The molecule has 3 rings (SSSR count). The lowest BCUT2D eigenvalue weighted by Crippen LogP contribution is -2.32. The maximum absolute atomic E-state index is 12.9. The number of ketones is 1. The van der Waals surface area contributed by atoms with Gasteiger partial charge in [-0.05, 0) is 37.3 Å². The van der Waals surface area contributed by atoms with Gasteiger partial charge in [0.2, 0.25) is 0 Å². The first kappa shape index (κ1) is 19.5. The van der Waals surface area contributed by atoms with E-state index in [9.17, 15) is 22.8 Å². The Balaban J connectivity index is 1.89. The molecular weight excluding hydrogens is 375 g/mol. The second-order valence-corrected chi connectivity index (χ2v) is 5.99. The second kappa shape index (κ2) is 7.79. The summed E-state index contributed by atoms with van der Waals surface area (Å²) in [5, 5.41) is 2.73. The summed E-state index contributed by atoms with van der Waals surface area (Å²) in [4.78, 5) is 33.1. The van der Waals surface area contributed by atoms with Gasteiger partial charge in [-0.1, -0.05) is 6.07 Å². The van der Waals surface area contributed by atoms with Crippen molar-refractivity contribution in [2.45, 2.75) is 19.1 Å². The molecule has 0 spiro atoms. The van der Waals surface area contributed by atoms with Gasteiger partial charge in [0, 0.05) is 18.1 Å². The van der Waals surface area contributed by atoms with Crippen LogP contribution in [0.3, 0.4) is 0 Å². The van der Waals surface area contributed by atoms with E-state index in [0.717, 1.165) is 12.1 Å². The summed E-state index contributed by atoms with van der Waals surface area (Å²) in [5.41, 5.74) is -0.663. The lowest BCUT2D eigenvalue weighted by atomic mass is 9.94. The summed E-state index contributed by atoms with van der Waals surface area (Å²) in [6.07, 6.45) is -1.64. The number of carbonyl (C=O) groups is 2. The third-order valence-electron chi connectivity index (χ3n) is 4.01. The lowest BCUT2D eigenvalue weighted by Gasteiger charge is -2.16. The minimum absolute atomic E-state index is 0.0433. The van der Waals surface area contributed by atoms with Crippen LogP contribution in [0.1, 0.15) is 22.8 Å². The molecule has 0 radical (unpaired) electrons. The molecule has 0 saturated heterocycles. The van der Waals surface area contributed by atoms with Crippen molar-refractivity contribution in [1.82, 2.24) is 4.98 Å². The molecule has 0 bridgehead atoms. The fourth-order valence-corrected chi connectivity index (χ4v) is 2.64. The van der Waals surface area contributed by atoms with Crippen LogP contribution in [0.25, 0.3) is 0 Å². The van der Waals surface area contributed by atoms with E-state index in [1.165, 1.54) is 36.7 Å². The number of aromatic nitrogens is 1. The van der Waals surface area contributed by atoms with E-state index in [0.29, 0.717) is 0 Å². The predicted molar refractivity (Wildman–Crippen MR) is 95.7 cm³/mol. The van der Waals surface area contributed by atoms with Crippen molar-refractivity contribution in [1.29, 1.82) is 0 Å². The molecule has 146 valence electrons. The zero-order valence-electron chi connectivity index (χ0n) is 14.7. The molecule has 6 nitrogen and oxygen atoms in total. The number of anilines is 2. The molecule has 0 fully saturated rings. The Morgan fingerprint density at radius 1 is 1.25 bits per heavy atom. The van der Waals surface area contributed by atoms with Gasteiger partial charge in [0.15, 0.2) is 5.78 Å². The molecule has 2 atom stereocenters. The van der Waals surface area contributed by atoms with Gasteiger partial charge in [-0.25, -0.2) is 4.98 Å². The highest BCUT2D eigenvalue weighted by Crippen LogP contribution is 2.32. The SMILES string of the molecule is CCOC(=O)C(C(=O)c1cccnc1Nc1cccc(C(F)(F)F)c1)C1C=N1. The van der Waals surface area contributed by atoms with E-state index >= 15 is 0 Å². The van der Waals surface area contributed by atoms with Crippen LogP contribution in [-0.2, 0) is 15.7 Å². The minimum Gasteiger partial charge on any atom is -0.465 e. The fraction of sp³-hybridized carbons (Fsp3) is 0.263. The molecule has 0 amide bonds. The van der Waals surface area contributed by atoms with E-state index in [2.05, 4.69) is 15.3 Å². The summed E-state index contributed by atoms with van der Waals surface area (Å²) in [6.45, 7) is 1.73. The average Bonchev–Trinajstić information content (AvgIpc) is 3.47. The van der Waals surface area contributed by atoms with E-state index in [1.807, 2.05) is 0 Å². The molecule has 2 aromatic rings. The molecule has 0 saturated carbocycles. The van der Waals surface area contributed by atoms with E-state index in [4.69, 9.17) is 4.74 Å². The number of esters is 1. The number of pyridine rings is 1. The summed E-state index contributed by atoms with van der Waals surface area (Å²) in [6, 6.07) is 6.89. The van der Waals surface area contributed by atoms with Gasteiger partial charge in [0.05, 0.1) is 17.7 Å². The first-order valence-electron chi connectivity index (χ1n) is 8.44. The lowest BCUT2D eigenvalue weighted by molar-refractivity contribution is -0.146. The van der Waals surface area contributed by atoms with Gasteiger partial charge in [-0.15, -0.1) is 0 Å². The first-order valence-corrected chi connectivity index (χ1v) is 8.44. The van der Waals surface area contributed by atoms with Crippen molar-refractivity contribution in [3.8, 4) is 0 Å². The van der Waals surface area contributed by atoms with Crippen molar-refractivity contribution < 1.29 is 27.5 Å². The minimum atomic E-state index is -4.50. The van der Waals surface area contributed by atoms with Crippen molar-refractivity contribution in [2.75, 3.05) is 11.9 Å². The van der Waals surface area contributed by atoms with Gasteiger partial charge in [-0.3, -0.25) is 14.6 Å². The standard InChI is InChI=1S/C19H16F3N3O3/c1-2-28-18(27)15(14-10-24-14)16(26)13-7-4-8-23-17(13)25-12-6-3-5-11(9-12)19(20,21)22/h3-10,14-15H,2H2,1H3,(H,23,25). The maximum atomic E-state index is 12.9. The molecule has 0 aliphatic carbocycles. The van der Waals surface area contributed by atoms with Crippen molar-refractivity contribution in [3.05, 3.63) is 53.7 Å². The van der Waals surface area contributed by atoms with Crippen LogP contribution in [0, 0.1) is 5.92 Å². The first-order chi connectivity index (χ1) is 13.3. The highest BCUT2D eigenvalue weighted by Gasteiger charge is 2.41. The number of aliphatic imine (C=N–C) groups is 1. The molecule has 1 N–H and O–H groups in total. The number of ether oxygens (including phenoxy) is 1. The number of rotatable bonds is 7. The normalized spacial score (nSPS) is 16.4. The largest absolute Gasteiger partial charge is 0.465 e. The zero-order valence-corrected chi connectivity index (χ0v) is 14.7. The Labute approximate surface area is 158 Å². The average molecular weight is 391 g/mol. The maximum Gasteiger partial charge on any atom is 0.416 e. The molecule has 2 unspecified atom stereocenters. The summed E-state index contributed by atoms with van der Waals surface area (Å²) < 4.78 is 43.7. The van der Waals surface area contributed by atoms with Gasteiger partial charge >= 0.3 is 12.1 Å². The summed E-state index contributed by atoms with van der Waals surface area (Å²) in [5.74, 6) is -2.37. The van der Waals surface area contributed by atoms with E-state index in [1.54, 1.807) is 6.92 Å². The number of halogens is 3. The molecular formula is C19H16F3N3O3. The Morgan fingerprint density at radius 2 is 2.00 bits per heavy atom. The van der Waals surface area contributed by atoms with Crippen LogP contribution in [0.15, 0.2) is 47.6 Å². The van der Waals surface area contributed by atoms with Gasteiger partial charge < -0.3 is 10.1 Å². The molecule has 1 aliphatic heterocycles. The van der Waals surface area contributed by atoms with Crippen LogP contribution >= 0.6 is 0 Å². The topological polar surface area (TPSA) is 80.7 Å². The Kier molecular flexibility index (Phi) is 5.43. The van der Waals surface area contributed by atoms with Crippen LogP contribution in [-0.4, -0.2) is 35.6 Å². The van der Waals surface area contributed by atoms with Gasteiger partial charge in [0.1, 0.15) is 17.8 Å². The third-order valence-corrected chi connectivity index (χ3v) is 4.01. The number of nitrogens with zero attached hydrogens (tertiary/aromatic N) is 2. The highest BCUT2D eigenvalue weighted by molar-refractivity contribution is 6.14. The molecule has 1 aliphatic rings. The number of Topliss-reactive ketones (excluding diaryl/α,β-unsaturated/α-hetero) is 1. The molecule has 1 aromatic heterocycles. The molecule has 1 aromatic carbocycles. The number of carbonyl (C=O) groups excluding carboxylic acids is 2. The number of hydrogen-bond donors (Lipinski definition) is 1. The molecule has 28 heavy (non-hydrogen) atoms. The third kappa shape index (κ3) is 4.36. The van der Waals surface area contributed by atoms with E-state index in [-0.39, 0.29) is 23.7 Å². The number of benzene rings is 1. The quantitative estimate of drug-likeness (QED) is 0.443. The summed E-state index contributed by atoms with van der Waals surface area (Å²) >= 11 is 0. The monoisotopic (exact) mass is 391 g/mol. The Bertz CT molecular complexity index is 922. The van der Waals surface area contributed by atoms with Crippen LogP contribution in [0.4, 0.5) is 24.7 Å². The Morgan fingerprint density at radius 3 is 2.64 bits per heavy atom. The second-order valence-electron chi connectivity index (χ2n) is 5.99.